The number of hydrogen-bond acceptors (Lipinski definition) is 3. The van der Waals surface area contributed by atoms with Crippen LogP contribution in [0.15, 0.2) is 0 Å². The van der Waals surface area contributed by atoms with Crippen LogP contribution in [0.5, 0.6) is 0 Å². The molecule has 3 heteroatoms. The summed E-state index contributed by atoms with van der Waals surface area (Å²) in [5, 5.41) is 8.81. The highest BCUT2D eigenvalue weighted by Crippen LogP contribution is 2.19. The van der Waals surface area contributed by atoms with Crippen molar-refractivity contribution in [1.29, 1.82) is 5.26 Å². The molecule has 1 unspecified atom stereocenters. The summed E-state index contributed by atoms with van der Waals surface area (Å²) in [4.78, 5) is 4.95. The number of nitrogens with zero attached hydrogens (tertiary/aromatic N) is 3. The van der Waals surface area contributed by atoms with E-state index in [2.05, 4.69) is 36.8 Å². The summed E-state index contributed by atoms with van der Waals surface area (Å²) in [6.45, 7) is 8.02. The van der Waals surface area contributed by atoms with Gasteiger partial charge in [-0.1, -0.05) is 13.8 Å². The molecular formula is C13H25N3. The smallest absolute Gasteiger partial charge is 0.0638 e. The molecule has 0 N–H and O–H groups in total. The van der Waals surface area contributed by atoms with Crippen LogP contribution in [0.3, 0.4) is 0 Å². The molecule has 92 valence electrons. The molecule has 1 saturated heterocycles. The van der Waals surface area contributed by atoms with E-state index in [0.717, 1.165) is 6.42 Å². The largest absolute Gasteiger partial charge is 0.303 e. The molecular weight excluding hydrogens is 198 g/mol. The molecule has 16 heavy (non-hydrogen) atoms. The average molecular weight is 223 g/mol. The van der Waals surface area contributed by atoms with Crippen LogP contribution in [0.2, 0.25) is 0 Å². The Labute approximate surface area is 100 Å². The van der Waals surface area contributed by atoms with Crippen molar-refractivity contribution in [2.75, 3.05) is 26.7 Å². The lowest BCUT2D eigenvalue weighted by molar-refractivity contribution is 0.0979. The van der Waals surface area contributed by atoms with Crippen molar-refractivity contribution in [3.05, 3.63) is 0 Å². The summed E-state index contributed by atoms with van der Waals surface area (Å²) in [7, 11) is 2.19. The molecule has 0 aliphatic carbocycles. The van der Waals surface area contributed by atoms with Gasteiger partial charge in [0.25, 0.3) is 0 Å². The minimum atomic E-state index is 0.447. The van der Waals surface area contributed by atoms with Crippen LogP contribution in [0.4, 0.5) is 0 Å². The fourth-order valence-corrected chi connectivity index (χ4v) is 2.62. The maximum Gasteiger partial charge on any atom is 0.0638 e. The van der Waals surface area contributed by atoms with Crippen molar-refractivity contribution in [2.45, 2.75) is 51.6 Å². The Bertz CT molecular complexity index is 226. The van der Waals surface area contributed by atoms with Gasteiger partial charge in [-0.25, -0.2) is 0 Å². The molecule has 0 aromatic carbocycles. The van der Waals surface area contributed by atoms with E-state index >= 15 is 0 Å². The fourth-order valence-electron chi connectivity index (χ4n) is 2.62. The second kappa shape index (κ2) is 6.88. The molecule has 1 aliphatic rings. The molecule has 1 aliphatic heterocycles. The van der Waals surface area contributed by atoms with Crippen LogP contribution in [0.1, 0.15) is 39.5 Å². The quantitative estimate of drug-likeness (QED) is 0.715. The number of piperidine rings is 1. The summed E-state index contributed by atoms with van der Waals surface area (Å²) in [6.07, 6.45) is 4.26. The molecule has 0 saturated carbocycles. The van der Waals surface area contributed by atoms with Gasteiger partial charge in [0.15, 0.2) is 0 Å². The molecule has 0 bridgehead atoms. The Kier molecular flexibility index (Phi) is 5.79. The first-order chi connectivity index (χ1) is 7.72. The first-order valence-corrected chi connectivity index (χ1v) is 6.54. The van der Waals surface area contributed by atoms with Crippen LogP contribution in [0, 0.1) is 11.3 Å². The average Bonchev–Trinajstić information content (AvgIpc) is 2.35. The fraction of sp³-hybridized carbons (Fsp3) is 0.923. The summed E-state index contributed by atoms with van der Waals surface area (Å²) < 4.78 is 0. The minimum Gasteiger partial charge on any atom is -0.303 e. The van der Waals surface area contributed by atoms with Crippen molar-refractivity contribution >= 4 is 0 Å². The summed E-state index contributed by atoms with van der Waals surface area (Å²) in [5.74, 6) is 0. The molecule has 1 atom stereocenters. The molecule has 3 nitrogen and oxygen atoms in total. The van der Waals surface area contributed by atoms with Crippen LogP contribution < -0.4 is 0 Å². The normalized spacial score (nSPS) is 20.9. The first kappa shape index (κ1) is 13.5. The number of rotatable bonds is 5. The van der Waals surface area contributed by atoms with Crippen LogP contribution >= 0.6 is 0 Å². The lowest BCUT2D eigenvalue weighted by Gasteiger charge is -2.39. The zero-order valence-corrected chi connectivity index (χ0v) is 10.9. The number of likely N-dealkylation sites (tertiary alicyclic amines) is 1. The van der Waals surface area contributed by atoms with E-state index in [9.17, 15) is 0 Å². The van der Waals surface area contributed by atoms with Crippen molar-refractivity contribution in [3.8, 4) is 6.07 Å². The zero-order valence-electron chi connectivity index (χ0n) is 10.9. The molecule has 0 radical (unpaired) electrons. The van der Waals surface area contributed by atoms with Gasteiger partial charge in [-0.15, -0.1) is 0 Å². The maximum atomic E-state index is 8.81. The van der Waals surface area contributed by atoms with Crippen molar-refractivity contribution in [1.82, 2.24) is 9.80 Å². The van der Waals surface area contributed by atoms with Crippen molar-refractivity contribution in [3.63, 3.8) is 0 Å². The van der Waals surface area contributed by atoms with Crippen molar-refractivity contribution < 1.29 is 0 Å². The Hall–Kier alpha value is -0.590. The van der Waals surface area contributed by atoms with E-state index < -0.39 is 0 Å². The Morgan fingerprint density at radius 1 is 1.38 bits per heavy atom. The number of nitriles is 1. The summed E-state index contributed by atoms with van der Waals surface area (Å²) in [5.41, 5.74) is 0. The molecule has 1 heterocycles. The van der Waals surface area contributed by atoms with Crippen molar-refractivity contribution in [2.24, 2.45) is 0 Å². The van der Waals surface area contributed by atoms with E-state index in [4.69, 9.17) is 5.26 Å². The molecule has 0 aromatic heterocycles. The van der Waals surface area contributed by atoms with E-state index in [1.807, 2.05) is 0 Å². The van der Waals surface area contributed by atoms with Crippen LogP contribution in [-0.4, -0.2) is 48.6 Å². The lowest BCUT2D eigenvalue weighted by atomic mass is 10.00. The van der Waals surface area contributed by atoms with Gasteiger partial charge < -0.3 is 4.90 Å². The highest BCUT2D eigenvalue weighted by atomic mass is 15.2. The van der Waals surface area contributed by atoms with E-state index in [1.54, 1.807) is 0 Å². The standard InChI is InChI=1S/C13H25N3/c1-4-12(6-9-14)15(3)13-7-10-16(5-2)11-8-13/h12-13H,4-8,10-11H2,1-3H3. The Morgan fingerprint density at radius 2 is 2.00 bits per heavy atom. The van der Waals surface area contributed by atoms with E-state index in [0.29, 0.717) is 18.5 Å². The van der Waals surface area contributed by atoms with Gasteiger partial charge in [0.05, 0.1) is 12.5 Å². The minimum absolute atomic E-state index is 0.447. The second-order valence-electron chi connectivity index (χ2n) is 4.76. The zero-order chi connectivity index (χ0) is 12.0. The monoisotopic (exact) mass is 223 g/mol. The third-order valence-corrected chi connectivity index (χ3v) is 3.95. The maximum absolute atomic E-state index is 8.81. The molecule has 0 amide bonds. The predicted molar refractivity (Wildman–Crippen MR) is 67.2 cm³/mol. The van der Waals surface area contributed by atoms with Crippen LogP contribution in [0.25, 0.3) is 0 Å². The molecule has 0 aromatic rings. The first-order valence-electron chi connectivity index (χ1n) is 6.54. The highest BCUT2D eigenvalue weighted by Gasteiger charge is 2.25. The summed E-state index contributed by atoms with van der Waals surface area (Å²) in [6, 6.07) is 3.44. The third kappa shape index (κ3) is 3.47. The van der Waals surface area contributed by atoms with Gasteiger partial charge in [0.1, 0.15) is 0 Å². The second-order valence-corrected chi connectivity index (χ2v) is 4.76. The van der Waals surface area contributed by atoms with E-state index in [1.165, 1.54) is 32.5 Å². The van der Waals surface area contributed by atoms with Gasteiger partial charge in [0, 0.05) is 12.1 Å². The lowest BCUT2D eigenvalue weighted by Crippen LogP contribution is -2.46. The van der Waals surface area contributed by atoms with Gasteiger partial charge in [-0.2, -0.15) is 5.26 Å². The molecule has 0 spiro atoms. The van der Waals surface area contributed by atoms with Gasteiger partial charge >= 0.3 is 0 Å². The Morgan fingerprint density at radius 3 is 2.44 bits per heavy atom. The number of hydrogen-bond donors (Lipinski definition) is 0. The van der Waals surface area contributed by atoms with Crippen LogP contribution in [-0.2, 0) is 0 Å². The topological polar surface area (TPSA) is 30.3 Å². The van der Waals surface area contributed by atoms with Gasteiger partial charge in [0.2, 0.25) is 0 Å². The van der Waals surface area contributed by atoms with Gasteiger partial charge in [-0.3, -0.25) is 4.90 Å². The van der Waals surface area contributed by atoms with Gasteiger partial charge in [-0.05, 0) is 45.9 Å². The highest BCUT2D eigenvalue weighted by molar-refractivity contribution is 4.86. The SMILES string of the molecule is CCC(CC#N)N(C)C1CCN(CC)CC1. The predicted octanol–water partition coefficient (Wildman–Crippen LogP) is 2.09. The molecule has 1 rings (SSSR count). The summed E-state index contributed by atoms with van der Waals surface area (Å²) >= 11 is 0. The molecule has 1 fully saturated rings. The Balaban J connectivity index is 2.42. The van der Waals surface area contributed by atoms with E-state index in [-0.39, 0.29) is 0 Å². The third-order valence-electron chi connectivity index (χ3n) is 3.95.